The molecule has 0 saturated carbocycles. The fourth-order valence-electron chi connectivity index (χ4n) is 0.867. The largest absolute Gasteiger partial charge is 0.101 e. The van der Waals surface area contributed by atoms with E-state index in [0.717, 1.165) is 5.56 Å². The Hall–Kier alpha value is -1.22. The first-order valence-electron chi connectivity index (χ1n) is 3.32. The van der Waals surface area contributed by atoms with E-state index in [0.29, 0.717) is 0 Å². The highest BCUT2D eigenvalue weighted by molar-refractivity contribution is 5.36. The van der Waals surface area contributed by atoms with Crippen LogP contribution in [0.4, 0.5) is 0 Å². The number of aryl methyl sites for hydroxylation is 1. The maximum Gasteiger partial charge on any atom is 0.0247 e. The van der Waals surface area contributed by atoms with E-state index in [1.165, 1.54) is 5.56 Å². The lowest BCUT2D eigenvalue weighted by molar-refractivity contribution is 1.45. The Morgan fingerprint density at radius 3 is 2.70 bits per heavy atom. The summed E-state index contributed by atoms with van der Waals surface area (Å²) >= 11 is 0. The van der Waals surface area contributed by atoms with Crippen LogP contribution >= 0.6 is 0 Å². The third-order valence-corrected chi connectivity index (χ3v) is 1.29. The van der Waals surface area contributed by atoms with Crippen molar-refractivity contribution in [3.05, 3.63) is 35.4 Å². The number of hydrogen-bond donors (Lipinski definition) is 0. The zero-order chi connectivity index (χ0) is 7.40. The lowest BCUT2D eigenvalue weighted by Crippen LogP contribution is -1.74. The molecule has 1 aromatic rings. The minimum atomic E-state index is 1.10. The summed E-state index contributed by atoms with van der Waals surface area (Å²) in [6.07, 6.45) is 0. The maximum atomic E-state index is 3.00. The van der Waals surface area contributed by atoms with Crippen molar-refractivity contribution in [3.8, 4) is 11.8 Å². The lowest BCUT2D eigenvalue weighted by Gasteiger charge is -1.90. The van der Waals surface area contributed by atoms with Crippen molar-refractivity contribution in [2.75, 3.05) is 0 Å². The Bertz CT molecular complexity index is 274. The SMILES string of the molecule is CC#Cc1cccc(C)c1. The Morgan fingerprint density at radius 1 is 1.30 bits per heavy atom. The molecule has 0 aromatic heterocycles. The molecule has 0 heteroatoms. The van der Waals surface area contributed by atoms with Gasteiger partial charge < -0.3 is 0 Å². The summed E-state index contributed by atoms with van der Waals surface area (Å²) in [6.45, 7) is 3.92. The van der Waals surface area contributed by atoms with E-state index in [2.05, 4.69) is 30.9 Å². The van der Waals surface area contributed by atoms with Crippen LogP contribution in [0.15, 0.2) is 24.3 Å². The molecular weight excluding hydrogens is 120 g/mol. The van der Waals surface area contributed by atoms with E-state index in [1.54, 1.807) is 0 Å². The summed E-state index contributed by atoms with van der Waals surface area (Å²) < 4.78 is 0. The van der Waals surface area contributed by atoms with Gasteiger partial charge in [0.2, 0.25) is 0 Å². The number of hydrogen-bond acceptors (Lipinski definition) is 0. The molecule has 10 heavy (non-hydrogen) atoms. The molecule has 1 aromatic carbocycles. The monoisotopic (exact) mass is 130 g/mol. The van der Waals surface area contributed by atoms with Crippen LogP contribution in [-0.4, -0.2) is 0 Å². The van der Waals surface area contributed by atoms with E-state index in [9.17, 15) is 0 Å². The van der Waals surface area contributed by atoms with Crippen LogP contribution in [0.25, 0.3) is 0 Å². The first-order valence-corrected chi connectivity index (χ1v) is 3.32. The van der Waals surface area contributed by atoms with Gasteiger partial charge in [-0.25, -0.2) is 0 Å². The highest BCUT2D eigenvalue weighted by Crippen LogP contribution is 2.01. The molecule has 0 aliphatic heterocycles. The summed E-state index contributed by atoms with van der Waals surface area (Å²) in [5.41, 5.74) is 2.36. The fraction of sp³-hybridized carbons (Fsp3) is 0.200. The number of rotatable bonds is 0. The molecule has 0 aliphatic carbocycles. The zero-order valence-corrected chi connectivity index (χ0v) is 6.31. The average Bonchev–Trinajstić information content (AvgIpc) is 1.88. The molecule has 0 heterocycles. The van der Waals surface area contributed by atoms with E-state index >= 15 is 0 Å². The van der Waals surface area contributed by atoms with Crippen LogP contribution in [0, 0.1) is 18.8 Å². The molecule has 50 valence electrons. The average molecular weight is 130 g/mol. The molecule has 0 unspecified atom stereocenters. The van der Waals surface area contributed by atoms with Crippen molar-refractivity contribution < 1.29 is 0 Å². The van der Waals surface area contributed by atoms with Crippen molar-refractivity contribution in [1.82, 2.24) is 0 Å². The third kappa shape index (κ3) is 1.63. The van der Waals surface area contributed by atoms with Gasteiger partial charge in [-0.3, -0.25) is 0 Å². The van der Waals surface area contributed by atoms with Crippen LogP contribution in [0.1, 0.15) is 18.1 Å². The molecule has 0 spiro atoms. The van der Waals surface area contributed by atoms with Crippen LogP contribution in [0.3, 0.4) is 0 Å². The highest BCUT2D eigenvalue weighted by atomic mass is 13.9. The molecule has 0 amide bonds. The van der Waals surface area contributed by atoms with Crippen LogP contribution in [0.5, 0.6) is 0 Å². The molecular formula is C10H10. The molecule has 1 rings (SSSR count). The Kier molecular flexibility index (Phi) is 2.12. The second kappa shape index (κ2) is 3.08. The minimum absolute atomic E-state index is 1.10. The lowest BCUT2D eigenvalue weighted by atomic mass is 10.1. The van der Waals surface area contributed by atoms with E-state index in [4.69, 9.17) is 0 Å². The van der Waals surface area contributed by atoms with Crippen molar-refractivity contribution in [2.24, 2.45) is 0 Å². The second-order valence-corrected chi connectivity index (χ2v) is 2.24. The van der Waals surface area contributed by atoms with Crippen LogP contribution in [-0.2, 0) is 0 Å². The minimum Gasteiger partial charge on any atom is -0.101 e. The molecule has 0 N–H and O–H groups in total. The van der Waals surface area contributed by atoms with Gasteiger partial charge in [0.05, 0.1) is 0 Å². The second-order valence-electron chi connectivity index (χ2n) is 2.24. The van der Waals surface area contributed by atoms with Crippen molar-refractivity contribution >= 4 is 0 Å². The quantitative estimate of drug-likeness (QED) is 0.473. The van der Waals surface area contributed by atoms with Gasteiger partial charge in [-0.2, -0.15) is 0 Å². The predicted molar refractivity (Wildman–Crippen MR) is 43.7 cm³/mol. The van der Waals surface area contributed by atoms with E-state index in [-0.39, 0.29) is 0 Å². The topological polar surface area (TPSA) is 0 Å². The standard InChI is InChI=1S/C10H10/c1-3-5-10-7-4-6-9(2)8-10/h4,6-8H,1-2H3. The molecule has 0 atom stereocenters. The van der Waals surface area contributed by atoms with Crippen molar-refractivity contribution in [2.45, 2.75) is 13.8 Å². The van der Waals surface area contributed by atoms with Gasteiger partial charge in [-0.1, -0.05) is 18.1 Å². The molecule has 0 nitrogen and oxygen atoms in total. The number of benzene rings is 1. The van der Waals surface area contributed by atoms with E-state index < -0.39 is 0 Å². The van der Waals surface area contributed by atoms with Crippen LogP contribution < -0.4 is 0 Å². The molecule has 0 fully saturated rings. The molecule has 0 saturated heterocycles. The van der Waals surface area contributed by atoms with Crippen molar-refractivity contribution in [1.29, 1.82) is 0 Å². The highest BCUT2D eigenvalue weighted by Gasteiger charge is 1.84. The van der Waals surface area contributed by atoms with Gasteiger partial charge in [0.1, 0.15) is 0 Å². The maximum absolute atomic E-state index is 3.00. The molecule has 0 radical (unpaired) electrons. The van der Waals surface area contributed by atoms with E-state index in [1.807, 2.05) is 19.1 Å². The van der Waals surface area contributed by atoms with Crippen LogP contribution in [0.2, 0.25) is 0 Å². The van der Waals surface area contributed by atoms with Gasteiger partial charge in [-0.05, 0) is 31.5 Å². The predicted octanol–water partition coefficient (Wildman–Crippen LogP) is 2.37. The zero-order valence-electron chi connectivity index (χ0n) is 6.31. The summed E-state index contributed by atoms with van der Waals surface area (Å²) in [4.78, 5) is 0. The fourth-order valence-corrected chi connectivity index (χ4v) is 0.867. The van der Waals surface area contributed by atoms with Gasteiger partial charge in [0.15, 0.2) is 0 Å². The third-order valence-electron chi connectivity index (χ3n) is 1.29. The smallest absolute Gasteiger partial charge is 0.0247 e. The van der Waals surface area contributed by atoms with Gasteiger partial charge in [-0.15, -0.1) is 5.92 Å². The van der Waals surface area contributed by atoms with Crippen molar-refractivity contribution in [3.63, 3.8) is 0 Å². The Morgan fingerprint density at radius 2 is 2.10 bits per heavy atom. The summed E-state index contributed by atoms with van der Waals surface area (Å²) in [6, 6.07) is 8.19. The normalized spacial score (nSPS) is 8.20. The van der Waals surface area contributed by atoms with Gasteiger partial charge in [0, 0.05) is 5.56 Å². The molecule has 0 bridgehead atoms. The first kappa shape index (κ1) is 6.89. The summed E-state index contributed by atoms with van der Waals surface area (Å²) in [7, 11) is 0. The van der Waals surface area contributed by atoms with Gasteiger partial charge in [0.25, 0.3) is 0 Å². The Balaban J connectivity index is 3.03. The Labute approximate surface area is 61.9 Å². The molecule has 0 aliphatic rings. The summed E-state index contributed by atoms with van der Waals surface area (Å²) in [5.74, 6) is 5.86. The first-order chi connectivity index (χ1) is 4.83. The summed E-state index contributed by atoms with van der Waals surface area (Å²) in [5, 5.41) is 0. The van der Waals surface area contributed by atoms with Gasteiger partial charge >= 0.3 is 0 Å².